The highest BCUT2D eigenvalue weighted by atomic mass is 16.1. The summed E-state index contributed by atoms with van der Waals surface area (Å²) in [5.41, 5.74) is 7.62. The predicted octanol–water partition coefficient (Wildman–Crippen LogP) is 0.391. The summed E-state index contributed by atoms with van der Waals surface area (Å²) in [5.74, 6) is 0. The van der Waals surface area contributed by atoms with Crippen LogP contribution in [0.1, 0.15) is 11.1 Å². The van der Waals surface area contributed by atoms with Gasteiger partial charge < -0.3 is 11.1 Å². The highest BCUT2D eigenvalue weighted by Gasteiger charge is 1.92. The van der Waals surface area contributed by atoms with Gasteiger partial charge in [-0.15, -0.1) is 0 Å². The number of nitrogens with one attached hydrogen (secondary N) is 1. The molecule has 0 saturated carbocycles. The first-order valence-corrected chi connectivity index (χ1v) is 3.81. The summed E-state index contributed by atoms with van der Waals surface area (Å²) in [6.45, 7) is 1.10. The van der Waals surface area contributed by atoms with E-state index in [-0.39, 0.29) is 0 Å². The summed E-state index contributed by atoms with van der Waals surface area (Å²) >= 11 is 0. The van der Waals surface area contributed by atoms with Gasteiger partial charge in [-0.05, 0) is 11.1 Å². The Morgan fingerprint density at radius 1 is 1.42 bits per heavy atom. The lowest BCUT2D eigenvalue weighted by atomic mass is 10.1. The molecule has 64 valence electrons. The highest BCUT2D eigenvalue weighted by molar-refractivity contribution is 5.46. The number of hydrogen-bond donors (Lipinski definition) is 2. The molecule has 0 saturated heterocycles. The quantitative estimate of drug-likeness (QED) is 0.632. The van der Waals surface area contributed by atoms with Crippen molar-refractivity contribution in [2.75, 3.05) is 0 Å². The zero-order chi connectivity index (χ0) is 8.81. The standard InChI is InChI=1S/C9H12N2O/c10-5-8-2-1-3-9(4-8)6-11-7-12/h1-4,7H,5-6,10H2,(H,11,12). The number of carbonyl (C=O) groups excluding carboxylic acids is 1. The van der Waals surface area contributed by atoms with Crippen molar-refractivity contribution in [3.8, 4) is 0 Å². The molecule has 0 aliphatic rings. The second-order valence-electron chi connectivity index (χ2n) is 2.52. The predicted molar refractivity (Wildman–Crippen MR) is 47.2 cm³/mol. The minimum atomic E-state index is 0.537. The fraction of sp³-hybridized carbons (Fsp3) is 0.222. The molecule has 0 aromatic heterocycles. The van der Waals surface area contributed by atoms with E-state index in [4.69, 9.17) is 5.73 Å². The van der Waals surface area contributed by atoms with Crippen LogP contribution in [0.5, 0.6) is 0 Å². The van der Waals surface area contributed by atoms with Crippen molar-refractivity contribution < 1.29 is 4.79 Å². The summed E-state index contributed by atoms with van der Waals surface area (Å²) < 4.78 is 0. The van der Waals surface area contributed by atoms with Gasteiger partial charge in [0.2, 0.25) is 6.41 Å². The molecular formula is C9H12N2O. The van der Waals surface area contributed by atoms with Crippen LogP contribution in [0.4, 0.5) is 0 Å². The maximum atomic E-state index is 10.00. The largest absolute Gasteiger partial charge is 0.355 e. The average Bonchev–Trinajstić information content (AvgIpc) is 2.15. The van der Waals surface area contributed by atoms with Crippen molar-refractivity contribution in [3.05, 3.63) is 35.4 Å². The van der Waals surface area contributed by atoms with E-state index in [1.54, 1.807) is 0 Å². The molecular weight excluding hydrogens is 152 g/mol. The molecule has 0 bridgehead atoms. The highest BCUT2D eigenvalue weighted by Crippen LogP contribution is 2.03. The zero-order valence-electron chi connectivity index (χ0n) is 6.79. The second kappa shape index (κ2) is 4.51. The van der Waals surface area contributed by atoms with Gasteiger partial charge in [-0.25, -0.2) is 0 Å². The van der Waals surface area contributed by atoms with Crippen molar-refractivity contribution in [1.82, 2.24) is 5.32 Å². The Morgan fingerprint density at radius 3 is 2.83 bits per heavy atom. The smallest absolute Gasteiger partial charge is 0.207 e. The van der Waals surface area contributed by atoms with Gasteiger partial charge in [0.15, 0.2) is 0 Å². The molecule has 0 aliphatic heterocycles. The van der Waals surface area contributed by atoms with Gasteiger partial charge in [-0.2, -0.15) is 0 Å². The minimum Gasteiger partial charge on any atom is -0.355 e. The summed E-state index contributed by atoms with van der Waals surface area (Å²) in [6.07, 6.45) is 0.690. The maximum Gasteiger partial charge on any atom is 0.207 e. The number of hydrogen-bond acceptors (Lipinski definition) is 2. The fourth-order valence-corrected chi connectivity index (χ4v) is 1.03. The summed E-state index contributed by atoms with van der Waals surface area (Å²) in [5, 5.41) is 2.59. The molecule has 1 aromatic carbocycles. The van der Waals surface area contributed by atoms with Crippen LogP contribution in [0.3, 0.4) is 0 Å². The van der Waals surface area contributed by atoms with Crippen molar-refractivity contribution in [3.63, 3.8) is 0 Å². The van der Waals surface area contributed by atoms with E-state index in [0.29, 0.717) is 19.5 Å². The molecule has 0 aliphatic carbocycles. The summed E-state index contributed by atoms with van der Waals surface area (Å²) in [6, 6.07) is 7.83. The van der Waals surface area contributed by atoms with E-state index < -0.39 is 0 Å². The Balaban J connectivity index is 2.65. The first-order valence-electron chi connectivity index (χ1n) is 3.81. The van der Waals surface area contributed by atoms with Gasteiger partial charge in [0.1, 0.15) is 0 Å². The van der Waals surface area contributed by atoms with Crippen LogP contribution in [-0.4, -0.2) is 6.41 Å². The Hall–Kier alpha value is -1.35. The molecule has 1 aromatic rings. The van der Waals surface area contributed by atoms with Crippen LogP contribution >= 0.6 is 0 Å². The first-order chi connectivity index (χ1) is 5.86. The van der Waals surface area contributed by atoms with Gasteiger partial charge >= 0.3 is 0 Å². The van der Waals surface area contributed by atoms with Crippen LogP contribution in [-0.2, 0) is 17.9 Å². The third kappa shape index (κ3) is 2.36. The first kappa shape index (κ1) is 8.74. The number of benzene rings is 1. The monoisotopic (exact) mass is 164 g/mol. The molecule has 0 heterocycles. The van der Waals surface area contributed by atoms with Gasteiger partial charge in [-0.1, -0.05) is 24.3 Å². The van der Waals surface area contributed by atoms with Crippen LogP contribution in [0, 0.1) is 0 Å². The van der Waals surface area contributed by atoms with Crippen LogP contribution in [0.2, 0.25) is 0 Å². The van der Waals surface area contributed by atoms with E-state index in [1.807, 2.05) is 24.3 Å². The summed E-state index contributed by atoms with van der Waals surface area (Å²) in [7, 11) is 0. The third-order valence-corrected chi connectivity index (χ3v) is 1.62. The molecule has 1 amide bonds. The normalized spacial score (nSPS) is 9.42. The molecule has 3 N–H and O–H groups in total. The lowest BCUT2D eigenvalue weighted by molar-refractivity contribution is -0.109. The topological polar surface area (TPSA) is 55.1 Å². The van der Waals surface area contributed by atoms with Gasteiger partial charge in [0, 0.05) is 13.1 Å². The van der Waals surface area contributed by atoms with Crippen molar-refractivity contribution in [1.29, 1.82) is 0 Å². The van der Waals surface area contributed by atoms with Crippen molar-refractivity contribution in [2.45, 2.75) is 13.1 Å². The van der Waals surface area contributed by atoms with E-state index >= 15 is 0 Å². The second-order valence-corrected chi connectivity index (χ2v) is 2.52. The lowest BCUT2D eigenvalue weighted by Gasteiger charge is -2.01. The zero-order valence-corrected chi connectivity index (χ0v) is 6.79. The van der Waals surface area contributed by atoms with E-state index in [1.165, 1.54) is 0 Å². The Kier molecular flexibility index (Phi) is 3.29. The van der Waals surface area contributed by atoms with Gasteiger partial charge in [0.25, 0.3) is 0 Å². The molecule has 0 radical (unpaired) electrons. The Morgan fingerprint density at radius 2 is 2.17 bits per heavy atom. The molecule has 0 spiro atoms. The maximum absolute atomic E-state index is 10.00. The number of nitrogens with two attached hydrogens (primary N) is 1. The molecule has 3 heteroatoms. The molecule has 12 heavy (non-hydrogen) atoms. The van der Waals surface area contributed by atoms with Crippen LogP contribution in [0.15, 0.2) is 24.3 Å². The van der Waals surface area contributed by atoms with E-state index in [9.17, 15) is 4.79 Å². The lowest BCUT2D eigenvalue weighted by Crippen LogP contribution is -2.10. The molecule has 0 fully saturated rings. The molecule has 1 rings (SSSR count). The van der Waals surface area contributed by atoms with Crippen LogP contribution < -0.4 is 11.1 Å². The van der Waals surface area contributed by atoms with Gasteiger partial charge in [0.05, 0.1) is 0 Å². The van der Waals surface area contributed by atoms with E-state index in [0.717, 1.165) is 11.1 Å². The molecule has 0 unspecified atom stereocenters. The number of amides is 1. The summed E-state index contributed by atoms with van der Waals surface area (Å²) in [4.78, 5) is 10.00. The van der Waals surface area contributed by atoms with E-state index in [2.05, 4.69) is 5.32 Å². The SMILES string of the molecule is NCc1cccc(CNC=O)c1. The minimum absolute atomic E-state index is 0.537. The average molecular weight is 164 g/mol. The molecule has 3 nitrogen and oxygen atoms in total. The van der Waals surface area contributed by atoms with Crippen molar-refractivity contribution >= 4 is 6.41 Å². The Bertz CT molecular complexity index is 260. The number of carbonyl (C=O) groups is 1. The molecule has 0 atom stereocenters. The van der Waals surface area contributed by atoms with Gasteiger partial charge in [-0.3, -0.25) is 4.79 Å². The van der Waals surface area contributed by atoms with Crippen LogP contribution in [0.25, 0.3) is 0 Å². The van der Waals surface area contributed by atoms with Crippen molar-refractivity contribution in [2.24, 2.45) is 5.73 Å². The number of rotatable bonds is 4. The fourth-order valence-electron chi connectivity index (χ4n) is 1.03. The third-order valence-electron chi connectivity index (χ3n) is 1.62. The Labute approximate surface area is 71.6 Å².